The first-order valence-corrected chi connectivity index (χ1v) is 12.4. The number of amidine groups is 1. The largest absolute Gasteiger partial charge is 0.463 e. The van der Waals surface area contributed by atoms with E-state index in [2.05, 4.69) is 31.2 Å². The number of rotatable bonds is 5. The van der Waals surface area contributed by atoms with Crippen LogP contribution in [0.15, 0.2) is 56.6 Å². The van der Waals surface area contributed by atoms with Crippen molar-refractivity contribution in [2.75, 3.05) is 19.7 Å². The molecule has 0 radical (unpaired) electrons. The summed E-state index contributed by atoms with van der Waals surface area (Å²) in [5, 5.41) is 5.53. The summed E-state index contributed by atoms with van der Waals surface area (Å²) in [6.07, 6.45) is 1.58. The lowest BCUT2D eigenvalue weighted by molar-refractivity contribution is -0.138. The minimum atomic E-state index is -0.462. The van der Waals surface area contributed by atoms with E-state index in [9.17, 15) is 14.0 Å². The van der Waals surface area contributed by atoms with Gasteiger partial charge < -0.3 is 19.7 Å². The fourth-order valence-corrected chi connectivity index (χ4v) is 4.48. The van der Waals surface area contributed by atoms with E-state index in [1.807, 2.05) is 10.3 Å². The van der Waals surface area contributed by atoms with Crippen molar-refractivity contribution < 1.29 is 23.5 Å². The number of thiazole rings is 1. The van der Waals surface area contributed by atoms with Gasteiger partial charge in [-0.3, -0.25) is 4.99 Å². The first-order valence-electron chi connectivity index (χ1n) is 10.8. The number of halogens is 2. The monoisotopic (exact) mass is 552 g/mol. The van der Waals surface area contributed by atoms with Crippen molar-refractivity contribution in [3.8, 4) is 0 Å². The molecule has 0 aliphatic carbocycles. The highest BCUT2D eigenvalue weighted by Gasteiger charge is 2.38. The number of alkyl carbamates (subject to hydrolysis) is 1. The molecule has 182 valence electrons. The Morgan fingerprint density at radius 1 is 1.38 bits per heavy atom. The zero-order valence-electron chi connectivity index (χ0n) is 19.1. The number of fused-ring (bicyclic) bond motifs is 1. The molecule has 1 aromatic heterocycles. The van der Waals surface area contributed by atoms with Crippen molar-refractivity contribution in [1.82, 2.24) is 15.2 Å². The fraction of sp³-hybridized carbons (Fsp3) is 0.391. The van der Waals surface area contributed by atoms with Gasteiger partial charge in [0.05, 0.1) is 30.9 Å². The van der Waals surface area contributed by atoms with E-state index in [-0.39, 0.29) is 30.5 Å². The van der Waals surface area contributed by atoms with Gasteiger partial charge in [-0.05, 0) is 39.0 Å². The number of ether oxygens (including phenoxy) is 2. The summed E-state index contributed by atoms with van der Waals surface area (Å²) < 4.78 is 23.2. The smallest absolute Gasteiger partial charge is 0.407 e. The number of nitrogens with zero attached hydrogens (tertiary/aromatic N) is 3. The summed E-state index contributed by atoms with van der Waals surface area (Å²) >= 11 is 4.61. The second-order valence-electron chi connectivity index (χ2n) is 7.67. The topological polar surface area (TPSA) is 93.1 Å². The Morgan fingerprint density at radius 3 is 2.76 bits per heavy atom. The second kappa shape index (κ2) is 12.1. The molecule has 8 nitrogen and oxygen atoms in total. The third-order valence-electron chi connectivity index (χ3n) is 4.76. The van der Waals surface area contributed by atoms with Crippen LogP contribution in [0.2, 0.25) is 0 Å². The van der Waals surface area contributed by atoms with Crippen LogP contribution in [0.5, 0.6) is 0 Å². The zero-order valence-corrected chi connectivity index (χ0v) is 21.5. The van der Waals surface area contributed by atoms with Crippen LogP contribution < -0.4 is 5.32 Å². The molecule has 0 saturated carbocycles. The Morgan fingerprint density at radius 2 is 2.18 bits per heavy atom. The highest BCUT2D eigenvalue weighted by Crippen LogP contribution is 2.31. The van der Waals surface area contributed by atoms with E-state index in [0.29, 0.717) is 25.1 Å². The molecule has 1 fully saturated rings. The first kappa shape index (κ1) is 25.8. The lowest BCUT2D eigenvalue weighted by atomic mass is 10.1. The molecule has 34 heavy (non-hydrogen) atoms. The molecule has 1 saturated heterocycles. The Kier molecular flexibility index (Phi) is 9.17. The SMILES string of the molecule is CCOC(=O)C1=C2CC(NC(=O)OC(C)C)CN2C(c2nccs2)=NC1.Fc1cccc(Br)c1. The molecule has 3 heterocycles. The number of amides is 1. The summed E-state index contributed by atoms with van der Waals surface area (Å²) in [5.41, 5.74) is 1.37. The normalized spacial score (nSPS) is 16.9. The van der Waals surface area contributed by atoms with E-state index < -0.39 is 6.09 Å². The third kappa shape index (κ3) is 6.86. The molecule has 1 aromatic carbocycles. The summed E-state index contributed by atoms with van der Waals surface area (Å²) in [7, 11) is 0. The summed E-state index contributed by atoms with van der Waals surface area (Å²) in [4.78, 5) is 35.1. The molecule has 0 spiro atoms. The Labute approximate surface area is 210 Å². The molecule has 1 atom stereocenters. The number of aromatic nitrogens is 1. The quantitative estimate of drug-likeness (QED) is 0.548. The van der Waals surface area contributed by atoms with Crippen LogP contribution in [-0.4, -0.2) is 59.6 Å². The number of hydrogen-bond acceptors (Lipinski definition) is 8. The minimum Gasteiger partial charge on any atom is -0.463 e. The molecule has 0 bridgehead atoms. The van der Waals surface area contributed by atoms with Crippen LogP contribution in [0.1, 0.15) is 32.2 Å². The molecular weight excluding hydrogens is 527 g/mol. The number of esters is 1. The first-order chi connectivity index (χ1) is 16.3. The number of aliphatic imine (C=N–C) groups is 1. The Hall–Kier alpha value is -2.79. The maximum absolute atomic E-state index is 12.3. The van der Waals surface area contributed by atoms with Crippen molar-refractivity contribution in [3.63, 3.8) is 0 Å². The summed E-state index contributed by atoms with van der Waals surface area (Å²) in [5.74, 6) is 0.156. The predicted octanol–water partition coefficient (Wildman–Crippen LogP) is 4.52. The van der Waals surface area contributed by atoms with Crippen molar-refractivity contribution >= 4 is 45.2 Å². The van der Waals surface area contributed by atoms with Gasteiger partial charge in [-0.15, -0.1) is 11.3 Å². The van der Waals surface area contributed by atoms with Gasteiger partial charge in [-0.2, -0.15) is 0 Å². The molecule has 11 heteroatoms. The van der Waals surface area contributed by atoms with Crippen LogP contribution in [0.3, 0.4) is 0 Å². The van der Waals surface area contributed by atoms with Crippen LogP contribution in [0.25, 0.3) is 0 Å². The summed E-state index contributed by atoms with van der Waals surface area (Å²) in [6.45, 7) is 6.43. The molecule has 1 N–H and O–H groups in total. The average Bonchev–Trinajstić information content (AvgIpc) is 3.43. The van der Waals surface area contributed by atoms with Crippen molar-refractivity contribution in [2.24, 2.45) is 4.99 Å². The molecule has 1 unspecified atom stereocenters. The van der Waals surface area contributed by atoms with Crippen molar-refractivity contribution in [2.45, 2.75) is 39.3 Å². The van der Waals surface area contributed by atoms with Crippen LogP contribution >= 0.6 is 27.3 Å². The maximum Gasteiger partial charge on any atom is 0.407 e. The lowest BCUT2D eigenvalue weighted by Crippen LogP contribution is -2.40. The predicted molar refractivity (Wildman–Crippen MR) is 131 cm³/mol. The number of carbonyl (C=O) groups is 2. The van der Waals surface area contributed by atoms with Gasteiger partial charge >= 0.3 is 12.1 Å². The van der Waals surface area contributed by atoms with Crippen LogP contribution in [0.4, 0.5) is 9.18 Å². The van der Waals surface area contributed by atoms with Gasteiger partial charge in [-0.1, -0.05) is 22.0 Å². The highest BCUT2D eigenvalue weighted by molar-refractivity contribution is 9.10. The third-order valence-corrected chi connectivity index (χ3v) is 6.02. The van der Waals surface area contributed by atoms with E-state index in [0.717, 1.165) is 21.0 Å². The number of carbonyl (C=O) groups excluding carboxylic acids is 2. The maximum atomic E-state index is 12.3. The van der Waals surface area contributed by atoms with Crippen LogP contribution in [-0.2, 0) is 14.3 Å². The second-order valence-corrected chi connectivity index (χ2v) is 9.48. The van der Waals surface area contributed by atoms with Gasteiger partial charge in [0, 0.05) is 34.7 Å². The molecule has 1 amide bonds. The number of hydrogen-bond donors (Lipinski definition) is 1. The van der Waals surface area contributed by atoms with Gasteiger partial charge in [0.1, 0.15) is 5.82 Å². The van der Waals surface area contributed by atoms with E-state index >= 15 is 0 Å². The number of nitrogens with one attached hydrogen (secondary N) is 1. The zero-order chi connectivity index (χ0) is 24.7. The van der Waals surface area contributed by atoms with Crippen molar-refractivity contribution in [1.29, 1.82) is 0 Å². The minimum absolute atomic E-state index is 0.177. The molecule has 4 rings (SSSR count). The van der Waals surface area contributed by atoms with Gasteiger partial charge in [-0.25, -0.2) is 19.0 Å². The lowest BCUT2D eigenvalue weighted by Gasteiger charge is -2.26. The van der Waals surface area contributed by atoms with Gasteiger partial charge in [0.15, 0.2) is 10.8 Å². The molecule has 2 aromatic rings. The molecule has 2 aliphatic heterocycles. The Balaban J connectivity index is 0.000000343. The van der Waals surface area contributed by atoms with Gasteiger partial charge in [0.2, 0.25) is 0 Å². The van der Waals surface area contributed by atoms with E-state index in [1.165, 1.54) is 23.5 Å². The van der Waals surface area contributed by atoms with E-state index in [4.69, 9.17) is 9.47 Å². The Bertz CT molecular complexity index is 1060. The van der Waals surface area contributed by atoms with Crippen LogP contribution in [0, 0.1) is 5.82 Å². The standard InChI is InChI=1S/C17H22N4O4S.C6H4BrF/c1-4-24-16(22)12-8-19-14(15-18-5-6-26-15)21-9-11(7-13(12)21)20-17(23)25-10(2)3;7-5-2-1-3-6(8)4-5/h5-6,10-11H,4,7-9H2,1-3H3,(H,20,23);1-4H. The number of benzene rings is 1. The fourth-order valence-electron chi connectivity index (χ4n) is 3.46. The molecule has 2 aliphatic rings. The summed E-state index contributed by atoms with van der Waals surface area (Å²) in [6, 6.07) is 6.08. The van der Waals surface area contributed by atoms with Gasteiger partial charge in [0.25, 0.3) is 0 Å². The van der Waals surface area contributed by atoms with Crippen molar-refractivity contribution in [3.05, 3.63) is 62.4 Å². The molecular formula is C23H26BrFN4O4S. The highest BCUT2D eigenvalue weighted by atomic mass is 79.9. The average molecular weight is 553 g/mol. The van der Waals surface area contributed by atoms with E-state index in [1.54, 1.807) is 39.1 Å².